The molecule has 4 heteroatoms. The van der Waals surface area contributed by atoms with E-state index in [1.807, 2.05) is 24.3 Å². The van der Waals surface area contributed by atoms with E-state index < -0.39 is 0 Å². The van der Waals surface area contributed by atoms with Crippen LogP contribution in [0.2, 0.25) is 0 Å². The zero-order valence-electron chi connectivity index (χ0n) is 11.9. The zero-order chi connectivity index (χ0) is 13.9. The van der Waals surface area contributed by atoms with Gasteiger partial charge >= 0.3 is 6.03 Å². The molecule has 0 atom stereocenters. The predicted octanol–water partition coefficient (Wildman–Crippen LogP) is 3.53. The van der Waals surface area contributed by atoms with Crippen molar-refractivity contribution in [2.45, 2.75) is 39.2 Å². The van der Waals surface area contributed by atoms with Crippen molar-refractivity contribution in [3.05, 3.63) is 29.8 Å². The van der Waals surface area contributed by atoms with E-state index in [4.69, 9.17) is 4.74 Å². The van der Waals surface area contributed by atoms with Crippen LogP contribution in [0.4, 0.5) is 10.5 Å². The van der Waals surface area contributed by atoms with Crippen LogP contribution in [0.15, 0.2) is 24.3 Å². The monoisotopic (exact) mass is 264 g/mol. The van der Waals surface area contributed by atoms with E-state index in [2.05, 4.69) is 17.6 Å². The number of rotatable bonds is 8. The predicted molar refractivity (Wildman–Crippen MR) is 78.3 cm³/mol. The topological polar surface area (TPSA) is 50.4 Å². The molecule has 0 aliphatic rings. The molecule has 0 fully saturated rings. The van der Waals surface area contributed by atoms with Crippen molar-refractivity contribution >= 4 is 11.7 Å². The van der Waals surface area contributed by atoms with Crippen molar-refractivity contribution in [3.63, 3.8) is 0 Å². The number of urea groups is 1. The van der Waals surface area contributed by atoms with E-state index in [1.165, 1.54) is 12.8 Å². The minimum atomic E-state index is -0.153. The number of ether oxygens (including phenoxy) is 1. The van der Waals surface area contributed by atoms with Crippen LogP contribution in [0.25, 0.3) is 0 Å². The Labute approximate surface area is 115 Å². The lowest BCUT2D eigenvalue weighted by Crippen LogP contribution is -2.29. The SMILES string of the molecule is CCCCCCNC(=O)Nc1ccccc1COC. The fourth-order valence-electron chi connectivity index (χ4n) is 1.84. The summed E-state index contributed by atoms with van der Waals surface area (Å²) in [6.45, 7) is 3.39. The van der Waals surface area contributed by atoms with Gasteiger partial charge < -0.3 is 15.4 Å². The van der Waals surface area contributed by atoms with Gasteiger partial charge in [-0.25, -0.2) is 4.79 Å². The van der Waals surface area contributed by atoms with E-state index in [0.717, 1.165) is 30.6 Å². The molecule has 0 spiro atoms. The van der Waals surface area contributed by atoms with Crippen molar-refractivity contribution in [2.24, 2.45) is 0 Å². The van der Waals surface area contributed by atoms with Crippen LogP contribution in [0, 0.1) is 0 Å². The van der Waals surface area contributed by atoms with Crippen LogP contribution >= 0.6 is 0 Å². The maximum atomic E-state index is 11.7. The quantitative estimate of drug-likeness (QED) is 0.706. The summed E-state index contributed by atoms with van der Waals surface area (Å²) in [7, 11) is 1.64. The van der Waals surface area contributed by atoms with E-state index in [9.17, 15) is 4.79 Å². The van der Waals surface area contributed by atoms with Gasteiger partial charge in [-0.3, -0.25) is 0 Å². The summed E-state index contributed by atoms with van der Waals surface area (Å²) in [6, 6.07) is 7.50. The number of hydrogen-bond acceptors (Lipinski definition) is 2. The highest BCUT2D eigenvalue weighted by Crippen LogP contribution is 2.15. The molecule has 19 heavy (non-hydrogen) atoms. The summed E-state index contributed by atoms with van der Waals surface area (Å²) < 4.78 is 5.10. The van der Waals surface area contributed by atoms with Crippen LogP contribution in [-0.2, 0) is 11.3 Å². The van der Waals surface area contributed by atoms with Crippen molar-refractivity contribution in [1.29, 1.82) is 0 Å². The van der Waals surface area contributed by atoms with Crippen LogP contribution < -0.4 is 10.6 Å². The molecule has 0 radical (unpaired) electrons. The third-order valence-corrected chi connectivity index (χ3v) is 2.88. The Morgan fingerprint density at radius 3 is 2.74 bits per heavy atom. The molecule has 2 N–H and O–H groups in total. The second-order valence-corrected chi connectivity index (χ2v) is 4.53. The molecule has 1 rings (SSSR count). The molecule has 106 valence electrons. The number of amides is 2. The smallest absolute Gasteiger partial charge is 0.319 e. The second kappa shape index (κ2) is 9.39. The summed E-state index contributed by atoms with van der Waals surface area (Å²) in [5.74, 6) is 0. The number of para-hydroxylation sites is 1. The second-order valence-electron chi connectivity index (χ2n) is 4.53. The van der Waals surface area contributed by atoms with E-state index >= 15 is 0 Å². The Kier molecular flexibility index (Phi) is 7.66. The third-order valence-electron chi connectivity index (χ3n) is 2.88. The first-order chi connectivity index (χ1) is 9.27. The lowest BCUT2D eigenvalue weighted by Gasteiger charge is -2.11. The van der Waals surface area contributed by atoms with Gasteiger partial charge in [0.2, 0.25) is 0 Å². The highest BCUT2D eigenvalue weighted by molar-refractivity contribution is 5.90. The average Bonchev–Trinajstić information content (AvgIpc) is 2.41. The van der Waals surface area contributed by atoms with Gasteiger partial charge in [0.1, 0.15) is 0 Å². The molecule has 2 amide bonds. The van der Waals surface area contributed by atoms with Crippen molar-refractivity contribution in [3.8, 4) is 0 Å². The van der Waals surface area contributed by atoms with Gasteiger partial charge in [-0.15, -0.1) is 0 Å². The van der Waals surface area contributed by atoms with E-state index in [0.29, 0.717) is 6.61 Å². The van der Waals surface area contributed by atoms with Crippen molar-refractivity contribution in [2.75, 3.05) is 19.0 Å². The minimum absolute atomic E-state index is 0.153. The van der Waals surface area contributed by atoms with Gasteiger partial charge in [0, 0.05) is 24.9 Å². The first-order valence-electron chi connectivity index (χ1n) is 6.89. The van der Waals surface area contributed by atoms with Gasteiger partial charge in [0.15, 0.2) is 0 Å². The number of methoxy groups -OCH3 is 1. The van der Waals surface area contributed by atoms with Crippen LogP contribution in [0.1, 0.15) is 38.2 Å². The maximum absolute atomic E-state index is 11.7. The van der Waals surface area contributed by atoms with Gasteiger partial charge in [0.25, 0.3) is 0 Å². The fraction of sp³-hybridized carbons (Fsp3) is 0.533. The number of nitrogens with one attached hydrogen (secondary N) is 2. The zero-order valence-corrected chi connectivity index (χ0v) is 11.9. The summed E-state index contributed by atoms with van der Waals surface area (Å²) >= 11 is 0. The number of unbranched alkanes of at least 4 members (excludes halogenated alkanes) is 3. The summed E-state index contributed by atoms with van der Waals surface area (Å²) in [5, 5.41) is 5.72. The molecular formula is C15H24N2O2. The molecule has 0 saturated heterocycles. The molecular weight excluding hydrogens is 240 g/mol. The number of benzene rings is 1. The van der Waals surface area contributed by atoms with Gasteiger partial charge in [-0.05, 0) is 12.5 Å². The molecule has 0 unspecified atom stereocenters. The Morgan fingerprint density at radius 2 is 2.00 bits per heavy atom. The molecule has 0 heterocycles. The first kappa shape index (κ1) is 15.5. The summed E-state index contributed by atoms with van der Waals surface area (Å²) in [4.78, 5) is 11.7. The fourth-order valence-corrected chi connectivity index (χ4v) is 1.84. The molecule has 0 bridgehead atoms. The number of anilines is 1. The largest absolute Gasteiger partial charge is 0.380 e. The normalized spacial score (nSPS) is 10.2. The molecule has 0 aliphatic heterocycles. The Hall–Kier alpha value is -1.55. The van der Waals surface area contributed by atoms with Gasteiger partial charge in [-0.1, -0.05) is 44.4 Å². The standard InChI is InChI=1S/C15H24N2O2/c1-3-4-5-8-11-16-15(18)17-14-10-7-6-9-13(14)12-19-2/h6-7,9-10H,3-5,8,11-12H2,1-2H3,(H2,16,17,18). The van der Waals surface area contributed by atoms with E-state index in [1.54, 1.807) is 7.11 Å². The van der Waals surface area contributed by atoms with E-state index in [-0.39, 0.29) is 6.03 Å². The number of carbonyl (C=O) groups excluding carboxylic acids is 1. The van der Waals surface area contributed by atoms with Crippen LogP contribution in [-0.4, -0.2) is 19.7 Å². The van der Waals surface area contributed by atoms with Gasteiger partial charge in [-0.2, -0.15) is 0 Å². The Bertz CT molecular complexity index is 380. The maximum Gasteiger partial charge on any atom is 0.319 e. The van der Waals surface area contributed by atoms with Crippen LogP contribution in [0.5, 0.6) is 0 Å². The first-order valence-corrected chi connectivity index (χ1v) is 6.89. The van der Waals surface area contributed by atoms with Crippen LogP contribution in [0.3, 0.4) is 0 Å². The summed E-state index contributed by atoms with van der Waals surface area (Å²) in [6.07, 6.45) is 4.62. The van der Waals surface area contributed by atoms with Crippen molar-refractivity contribution < 1.29 is 9.53 Å². The molecule has 1 aromatic carbocycles. The average molecular weight is 264 g/mol. The Morgan fingerprint density at radius 1 is 1.21 bits per heavy atom. The molecule has 4 nitrogen and oxygen atoms in total. The van der Waals surface area contributed by atoms with Gasteiger partial charge in [0.05, 0.1) is 6.61 Å². The minimum Gasteiger partial charge on any atom is -0.380 e. The molecule has 0 saturated carbocycles. The third kappa shape index (κ3) is 6.25. The highest BCUT2D eigenvalue weighted by atomic mass is 16.5. The number of hydrogen-bond donors (Lipinski definition) is 2. The Balaban J connectivity index is 2.35. The number of carbonyl (C=O) groups is 1. The molecule has 0 aromatic heterocycles. The highest BCUT2D eigenvalue weighted by Gasteiger charge is 2.05. The summed E-state index contributed by atoms with van der Waals surface area (Å²) in [5.41, 5.74) is 1.78. The lowest BCUT2D eigenvalue weighted by atomic mass is 10.2. The molecule has 1 aromatic rings. The lowest BCUT2D eigenvalue weighted by molar-refractivity contribution is 0.185. The molecule has 0 aliphatic carbocycles. The van der Waals surface area contributed by atoms with Crippen molar-refractivity contribution in [1.82, 2.24) is 5.32 Å².